The summed E-state index contributed by atoms with van der Waals surface area (Å²) in [7, 11) is 0. The van der Waals surface area contributed by atoms with Gasteiger partial charge in [-0.3, -0.25) is 9.59 Å². The summed E-state index contributed by atoms with van der Waals surface area (Å²) in [5.74, 6) is -1.85. The van der Waals surface area contributed by atoms with Crippen LogP contribution in [0, 0.1) is 0 Å². The number of hydrogen-bond donors (Lipinski definition) is 2. The lowest BCUT2D eigenvalue weighted by Crippen LogP contribution is -2.12. The number of rotatable bonds is 15. The molecule has 0 aromatic rings. The fourth-order valence-electron chi connectivity index (χ4n) is 2.31. The van der Waals surface area contributed by atoms with Crippen molar-refractivity contribution in [3.05, 3.63) is 0 Å². The number of aliphatic carboxylic acids is 2. The molecule has 0 saturated heterocycles. The molecule has 0 aromatic carbocycles. The van der Waals surface area contributed by atoms with Gasteiger partial charge in [0, 0.05) is 0 Å². The molecule has 0 rings (SSSR count). The third kappa shape index (κ3) is 13.2. The van der Waals surface area contributed by atoms with E-state index >= 15 is 0 Å². The number of carboxylic acids is 2. The predicted octanol–water partition coefficient (Wildman–Crippen LogP) is 5.05. The monoisotopic (exact) mass is 354 g/mol. The van der Waals surface area contributed by atoms with Gasteiger partial charge in [-0.25, -0.2) is 0 Å². The lowest BCUT2D eigenvalue weighted by molar-refractivity contribution is -0.137. The molecule has 6 heteroatoms. The van der Waals surface area contributed by atoms with E-state index in [0.717, 1.165) is 38.5 Å². The first kappa shape index (κ1) is 21.5. The molecule has 0 radical (unpaired) electrons. The standard InChI is InChI=1S/C16H28Cl2O4/c17-13(15(19)20)11-9-7-5-3-1-2-4-6-8-10-12-14(18)16(21)22/h13-14H,1-12H2,(H,19,20)(H,21,22). The zero-order valence-corrected chi connectivity index (χ0v) is 14.6. The summed E-state index contributed by atoms with van der Waals surface area (Å²) in [4.78, 5) is 21.0. The number of carboxylic acid groups (broad SMARTS) is 2. The van der Waals surface area contributed by atoms with E-state index in [0.29, 0.717) is 12.8 Å². The number of carbonyl (C=O) groups is 2. The van der Waals surface area contributed by atoms with E-state index in [2.05, 4.69) is 0 Å². The molecule has 22 heavy (non-hydrogen) atoms. The number of unbranched alkanes of at least 4 members (excludes halogenated alkanes) is 9. The first-order valence-electron chi connectivity index (χ1n) is 8.19. The van der Waals surface area contributed by atoms with Gasteiger partial charge in [0.05, 0.1) is 0 Å². The topological polar surface area (TPSA) is 74.6 Å². The Morgan fingerprint density at radius 3 is 1.05 bits per heavy atom. The van der Waals surface area contributed by atoms with Gasteiger partial charge in [0.2, 0.25) is 0 Å². The zero-order valence-electron chi connectivity index (χ0n) is 13.1. The van der Waals surface area contributed by atoms with Gasteiger partial charge in [-0.2, -0.15) is 0 Å². The van der Waals surface area contributed by atoms with Crippen LogP contribution >= 0.6 is 23.2 Å². The maximum atomic E-state index is 10.5. The second kappa shape index (κ2) is 14.1. The molecule has 0 aliphatic carbocycles. The average Bonchev–Trinajstić information content (AvgIpc) is 2.47. The Hall–Kier alpha value is -0.480. The average molecular weight is 355 g/mol. The van der Waals surface area contributed by atoms with E-state index in [1.54, 1.807) is 0 Å². The third-order valence-electron chi connectivity index (χ3n) is 3.70. The predicted molar refractivity (Wildman–Crippen MR) is 90.0 cm³/mol. The quantitative estimate of drug-likeness (QED) is 0.318. The van der Waals surface area contributed by atoms with Crippen molar-refractivity contribution < 1.29 is 19.8 Å². The van der Waals surface area contributed by atoms with Gasteiger partial charge >= 0.3 is 11.9 Å². The lowest BCUT2D eigenvalue weighted by atomic mass is 10.0. The highest BCUT2D eigenvalue weighted by molar-refractivity contribution is 6.29. The van der Waals surface area contributed by atoms with E-state index in [1.807, 2.05) is 0 Å². The molecule has 0 aliphatic heterocycles. The van der Waals surface area contributed by atoms with Gasteiger partial charge in [-0.15, -0.1) is 23.2 Å². The van der Waals surface area contributed by atoms with Crippen LogP contribution in [-0.4, -0.2) is 32.9 Å². The number of hydrogen-bond acceptors (Lipinski definition) is 2. The maximum absolute atomic E-state index is 10.5. The Morgan fingerprint density at radius 2 is 0.818 bits per heavy atom. The molecule has 0 bridgehead atoms. The first-order valence-corrected chi connectivity index (χ1v) is 9.06. The summed E-state index contributed by atoms with van der Waals surface area (Å²) in [6.07, 6.45) is 12.0. The lowest BCUT2D eigenvalue weighted by Gasteiger charge is -2.05. The van der Waals surface area contributed by atoms with Crippen LogP contribution in [-0.2, 0) is 9.59 Å². The molecule has 0 aliphatic rings. The molecule has 2 N–H and O–H groups in total. The molecule has 2 unspecified atom stereocenters. The summed E-state index contributed by atoms with van der Waals surface area (Å²) in [6, 6.07) is 0. The van der Waals surface area contributed by atoms with Gasteiger partial charge in [-0.05, 0) is 12.8 Å². The van der Waals surface area contributed by atoms with Crippen molar-refractivity contribution in [1.29, 1.82) is 0 Å². The van der Waals surface area contributed by atoms with Gasteiger partial charge in [-0.1, -0.05) is 64.2 Å². The Balaban J connectivity index is 3.18. The van der Waals surface area contributed by atoms with Gasteiger partial charge in [0.15, 0.2) is 0 Å². The van der Waals surface area contributed by atoms with Crippen LogP contribution in [0.15, 0.2) is 0 Å². The summed E-state index contributed by atoms with van der Waals surface area (Å²) in [5.41, 5.74) is 0. The van der Waals surface area contributed by atoms with E-state index in [4.69, 9.17) is 33.4 Å². The molecule has 0 amide bonds. The van der Waals surface area contributed by atoms with E-state index in [9.17, 15) is 9.59 Å². The van der Waals surface area contributed by atoms with Crippen LogP contribution in [0.25, 0.3) is 0 Å². The van der Waals surface area contributed by atoms with Crippen LogP contribution in [0.5, 0.6) is 0 Å². The molecule has 2 atom stereocenters. The van der Waals surface area contributed by atoms with Crippen LogP contribution in [0.1, 0.15) is 77.0 Å². The minimum atomic E-state index is -0.925. The second-order valence-corrected chi connectivity index (χ2v) is 6.78. The van der Waals surface area contributed by atoms with Gasteiger partial charge < -0.3 is 10.2 Å². The SMILES string of the molecule is O=C(O)C(Cl)CCCCCCCCCCCCC(Cl)C(=O)O. The van der Waals surface area contributed by atoms with Crippen molar-refractivity contribution in [2.24, 2.45) is 0 Å². The number of halogens is 2. The van der Waals surface area contributed by atoms with Crippen molar-refractivity contribution >= 4 is 35.1 Å². The van der Waals surface area contributed by atoms with Crippen molar-refractivity contribution in [1.82, 2.24) is 0 Å². The van der Waals surface area contributed by atoms with E-state index in [-0.39, 0.29) is 0 Å². The molecule has 0 spiro atoms. The van der Waals surface area contributed by atoms with Crippen LogP contribution in [0.4, 0.5) is 0 Å². The minimum absolute atomic E-state index is 0.550. The fraction of sp³-hybridized carbons (Fsp3) is 0.875. The Labute approximate surface area is 143 Å². The van der Waals surface area contributed by atoms with E-state index in [1.165, 1.54) is 25.7 Å². The van der Waals surface area contributed by atoms with Crippen molar-refractivity contribution in [2.75, 3.05) is 0 Å². The summed E-state index contributed by atoms with van der Waals surface area (Å²) < 4.78 is 0. The molecule has 4 nitrogen and oxygen atoms in total. The summed E-state index contributed by atoms with van der Waals surface area (Å²) in [6.45, 7) is 0. The van der Waals surface area contributed by atoms with Crippen molar-refractivity contribution in [3.63, 3.8) is 0 Å². The van der Waals surface area contributed by atoms with Crippen LogP contribution in [0.2, 0.25) is 0 Å². The summed E-state index contributed by atoms with van der Waals surface area (Å²) in [5, 5.41) is 15.8. The second-order valence-electron chi connectivity index (χ2n) is 5.72. The zero-order chi connectivity index (χ0) is 16.8. The highest BCUT2D eigenvalue weighted by Gasteiger charge is 2.12. The normalized spacial score (nSPS) is 13.7. The maximum Gasteiger partial charge on any atom is 0.321 e. The minimum Gasteiger partial charge on any atom is -0.480 e. The Bertz CT molecular complexity index is 281. The number of alkyl halides is 2. The van der Waals surface area contributed by atoms with Crippen molar-refractivity contribution in [2.45, 2.75) is 87.8 Å². The summed E-state index contributed by atoms with van der Waals surface area (Å²) >= 11 is 11.3. The van der Waals surface area contributed by atoms with Crippen molar-refractivity contribution in [3.8, 4) is 0 Å². The Morgan fingerprint density at radius 1 is 0.591 bits per heavy atom. The smallest absolute Gasteiger partial charge is 0.321 e. The highest BCUT2D eigenvalue weighted by atomic mass is 35.5. The molecule has 0 saturated carbocycles. The van der Waals surface area contributed by atoms with Crippen LogP contribution < -0.4 is 0 Å². The van der Waals surface area contributed by atoms with Gasteiger partial charge in [0.1, 0.15) is 10.8 Å². The fourth-order valence-corrected chi connectivity index (χ4v) is 2.62. The molecular weight excluding hydrogens is 327 g/mol. The molecule has 130 valence electrons. The van der Waals surface area contributed by atoms with Gasteiger partial charge in [0.25, 0.3) is 0 Å². The molecule has 0 heterocycles. The van der Waals surface area contributed by atoms with Crippen LogP contribution in [0.3, 0.4) is 0 Å². The largest absolute Gasteiger partial charge is 0.480 e. The third-order valence-corrected chi connectivity index (χ3v) is 4.51. The first-order chi connectivity index (χ1) is 10.4. The molecule has 0 aromatic heterocycles. The Kier molecular flexibility index (Phi) is 13.8. The highest BCUT2D eigenvalue weighted by Crippen LogP contribution is 2.15. The molecular formula is C16H28Cl2O4. The van der Waals surface area contributed by atoms with E-state index < -0.39 is 22.7 Å². The molecule has 0 fully saturated rings.